The largest absolute Gasteiger partial charge is 0.465 e. The number of rotatable bonds is 6. The average molecular weight is 262 g/mol. The van der Waals surface area contributed by atoms with E-state index in [2.05, 4.69) is 15.4 Å². The van der Waals surface area contributed by atoms with E-state index in [0.29, 0.717) is 24.7 Å². The Morgan fingerprint density at radius 3 is 2.53 bits per heavy atom. The molecule has 1 aromatic carbocycles. The Balaban J connectivity index is 1.75. The minimum atomic E-state index is -0.357. The lowest BCUT2D eigenvalue weighted by atomic mass is 10.1. The van der Waals surface area contributed by atoms with Crippen molar-refractivity contribution in [3.8, 4) is 0 Å². The second-order valence-corrected chi connectivity index (χ2v) is 4.62. The highest BCUT2D eigenvalue weighted by Crippen LogP contribution is 2.17. The lowest BCUT2D eigenvalue weighted by Crippen LogP contribution is -2.34. The molecule has 5 nitrogen and oxygen atoms in total. The first-order chi connectivity index (χ1) is 9.19. The first-order valence-electron chi connectivity index (χ1n) is 6.36. The predicted octanol–water partition coefficient (Wildman–Crippen LogP) is 0.841. The highest BCUT2D eigenvalue weighted by molar-refractivity contribution is 5.89. The zero-order chi connectivity index (χ0) is 13.7. The Morgan fingerprint density at radius 2 is 1.95 bits per heavy atom. The summed E-state index contributed by atoms with van der Waals surface area (Å²) < 4.78 is 4.62. The van der Waals surface area contributed by atoms with Crippen LogP contribution in [0.2, 0.25) is 0 Å². The minimum absolute atomic E-state index is 0.0102. The fourth-order valence-corrected chi connectivity index (χ4v) is 1.66. The number of benzene rings is 1. The van der Waals surface area contributed by atoms with E-state index < -0.39 is 0 Å². The summed E-state index contributed by atoms with van der Waals surface area (Å²) in [5.41, 5.74) is 1.46. The normalized spacial score (nSPS) is 13.9. The van der Waals surface area contributed by atoms with Crippen molar-refractivity contribution >= 4 is 11.9 Å². The van der Waals surface area contributed by atoms with E-state index >= 15 is 0 Å². The number of amides is 1. The van der Waals surface area contributed by atoms with E-state index in [9.17, 15) is 9.59 Å². The molecule has 102 valence electrons. The molecule has 1 saturated carbocycles. The van der Waals surface area contributed by atoms with Gasteiger partial charge in [0.1, 0.15) is 0 Å². The van der Waals surface area contributed by atoms with Crippen molar-refractivity contribution in [1.82, 2.24) is 10.6 Å². The fourth-order valence-electron chi connectivity index (χ4n) is 1.66. The summed E-state index contributed by atoms with van der Waals surface area (Å²) >= 11 is 0. The van der Waals surface area contributed by atoms with Crippen molar-refractivity contribution in [3.63, 3.8) is 0 Å². The molecule has 1 aromatic rings. The van der Waals surface area contributed by atoms with E-state index in [4.69, 9.17) is 0 Å². The molecule has 0 aromatic heterocycles. The molecule has 0 bridgehead atoms. The van der Waals surface area contributed by atoms with Crippen LogP contribution in [0, 0.1) is 0 Å². The number of carbonyl (C=O) groups excluding carboxylic acids is 2. The monoisotopic (exact) mass is 262 g/mol. The van der Waals surface area contributed by atoms with Crippen LogP contribution in [0.4, 0.5) is 0 Å². The summed E-state index contributed by atoms with van der Waals surface area (Å²) in [5.74, 6) is -0.367. The first-order valence-corrected chi connectivity index (χ1v) is 6.36. The third-order valence-corrected chi connectivity index (χ3v) is 2.99. The number of nitrogens with one attached hydrogen (secondary N) is 2. The maximum atomic E-state index is 11.5. The summed E-state index contributed by atoms with van der Waals surface area (Å²) in [6.45, 7) is 0.831. The topological polar surface area (TPSA) is 67.4 Å². The summed E-state index contributed by atoms with van der Waals surface area (Å²) in [7, 11) is 1.35. The number of esters is 1. The van der Waals surface area contributed by atoms with Gasteiger partial charge in [0.25, 0.3) is 0 Å². The quantitative estimate of drug-likeness (QED) is 0.746. The number of methoxy groups -OCH3 is 1. The standard InChI is InChI=1S/C14H18N2O3/c1-19-14(18)11-4-2-10(3-5-11)8-16-13(17)9-15-12-6-7-12/h2-5,12,15H,6-9H2,1H3,(H,16,17). The van der Waals surface area contributed by atoms with Crippen LogP contribution in [-0.2, 0) is 16.1 Å². The minimum Gasteiger partial charge on any atom is -0.465 e. The van der Waals surface area contributed by atoms with Gasteiger partial charge < -0.3 is 15.4 Å². The lowest BCUT2D eigenvalue weighted by molar-refractivity contribution is -0.120. The highest BCUT2D eigenvalue weighted by Gasteiger charge is 2.20. The molecule has 0 spiro atoms. The molecular weight excluding hydrogens is 244 g/mol. The Labute approximate surface area is 112 Å². The highest BCUT2D eigenvalue weighted by atomic mass is 16.5. The SMILES string of the molecule is COC(=O)c1ccc(CNC(=O)CNC2CC2)cc1. The number of hydrogen-bond acceptors (Lipinski definition) is 4. The molecule has 0 aliphatic heterocycles. The van der Waals surface area contributed by atoms with Crippen LogP contribution in [0.1, 0.15) is 28.8 Å². The van der Waals surface area contributed by atoms with E-state index in [1.165, 1.54) is 20.0 Å². The van der Waals surface area contributed by atoms with Crippen LogP contribution in [-0.4, -0.2) is 31.6 Å². The molecule has 0 atom stereocenters. The lowest BCUT2D eigenvalue weighted by Gasteiger charge is -2.06. The molecule has 19 heavy (non-hydrogen) atoms. The maximum absolute atomic E-state index is 11.5. The zero-order valence-corrected chi connectivity index (χ0v) is 10.9. The maximum Gasteiger partial charge on any atom is 0.337 e. The van der Waals surface area contributed by atoms with Crippen LogP contribution >= 0.6 is 0 Å². The van der Waals surface area contributed by atoms with Crippen molar-refractivity contribution in [2.24, 2.45) is 0 Å². The van der Waals surface area contributed by atoms with Crippen molar-refractivity contribution in [3.05, 3.63) is 35.4 Å². The van der Waals surface area contributed by atoms with Gasteiger partial charge in [-0.25, -0.2) is 4.79 Å². The Bertz CT molecular complexity index is 452. The number of carbonyl (C=O) groups is 2. The predicted molar refractivity (Wildman–Crippen MR) is 70.7 cm³/mol. The average Bonchev–Trinajstić information content (AvgIpc) is 3.26. The van der Waals surface area contributed by atoms with Gasteiger partial charge in [-0.2, -0.15) is 0 Å². The van der Waals surface area contributed by atoms with Crippen LogP contribution in [0.25, 0.3) is 0 Å². The molecule has 5 heteroatoms. The van der Waals surface area contributed by atoms with Crippen molar-refractivity contribution in [2.75, 3.05) is 13.7 Å². The van der Waals surface area contributed by atoms with Gasteiger partial charge in [-0.1, -0.05) is 12.1 Å². The van der Waals surface area contributed by atoms with Gasteiger partial charge >= 0.3 is 5.97 Å². The fraction of sp³-hybridized carbons (Fsp3) is 0.429. The number of ether oxygens (including phenoxy) is 1. The number of hydrogen-bond donors (Lipinski definition) is 2. The van der Waals surface area contributed by atoms with Gasteiger partial charge in [0.05, 0.1) is 19.2 Å². The molecule has 2 rings (SSSR count). The van der Waals surface area contributed by atoms with Crippen molar-refractivity contribution in [2.45, 2.75) is 25.4 Å². The van der Waals surface area contributed by atoms with Gasteiger partial charge in [-0.15, -0.1) is 0 Å². The molecule has 1 aliphatic rings. The van der Waals surface area contributed by atoms with Gasteiger partial charge in [-0.3, -0.25) is 4.79 Å². The third kappa shape index (κ3) is 4.37. The van der Waals surface area contributed by atoms with E-state index in [1.807, 2.05) is 0 Å². The summed E-state index contributed by atoms with van der Waals surface area (Å²) in [5, 5.41) is 5.98. The van der Waals surface area contributed by atoms with Crippen LogP contribution in [0.15, 0.2) is 24.3 Å². The Hall–Kier alpha value is -1.88. The van der Waals surface area contributed by atoms with Gasteiger partial charge in [-0.05, 0) is 30.5 Å². The molecule has 1 amide bonds. The van der Waals surface area contributed by atoms with E-state index in [-0.39, 0.29) is 11.9 Å². The van der Waals surface area contributed by atoms with Crippen molar-refractivity contribution in [1.29, 1.82) is 0 Å². The van der Waals surface area contributed by atoms with E-state index in [1.54, 1.807) is 24.3 Å². The first kappa shape index (κ1) is 13.5. The van der Waals surface area contributed by atoms with Crippen LogP contribution < -0.4 is 10.6 Å². The summed E-state index contributed by atoms with van der Waals surface area (Å²) in [4.78, 5) is 22.8. The second kappa shape index (κ2) is 6.33. The molecular formula is C14H18N2O3. The summed E-state index contributed by atoms with van der Waals surface area (Å²) in [6.07, 6.45) is 2.34. The molecule has 0 radical (unpaired) electrons. The van der Waals surface area contributed by atoms with Crippen molar-refractivity contribution < 1.29 is 14.3 Å². The van der Waals surface area contributed by atoms with Gasteiger partial charge in [0.2, 0.25) is 5.91 Å². The second-order valence-electron chi connectivity index (χ2n) is 4.62. The Morgan fingerprint density at radius 1 is 1.26 bits per heavy atom. The molecule has 2 N–H and O–H groups in total. The van der Waals surface area contributed by atoms with Gasteiger partial charge in [0.15, 0.2) is 0 Å². The summed E-state index contributed by atoms with van der Waals surface area (Å²) in [6, 6.07) is 7.53. The Kier molecular flexibility index (Phi) is 4.52. The molecule has 1 aliphatic carbocycles. The zero-order valence-electron chi connectivity index (χ0n) is 10.9. The third-order valence-electron chi connectivity index (χ3n) is 2.99. The van der Waals surface area contributed by atoms with Crippen LogP contribution in [0.5, 0.6) is 0 Å². The van der Waals surface area contributed by atoms with E-state index in [0.717, 1.165) is 5.56 Å². The van der Waals surface area contributed by atoms with Crippen LogP contribution in [0.3, 0.4) is 0 Å². The van der Waals surface area contributed by atoms with Gasteiger partial charge in [0, 0.05) is 12.6 Å². The molecule has 1 fully saturated rings. The molecule has 0 heterocycles. The molecule has 0 saturated heterocycles. The molecule has 0 unspecified atom stereocenters. The smallest absolute Gasteiger partial charge is 0.337 e.